The maximum atomic E-state index is 13.1. The van der Waals surface area contributed by atoms with Crippen LogP contribution in [0, 0.1) is 5.82 Å². The Kier molecular flexibility index (Phi) is 5.61. The number of rotatable bonds is 4. The quantitative estimate of drug-likeness (QED) is 0.713. The molecule has 0 aromatic heterocycles. The third-order valence-corrected chi connectivity index (χ3v) is 6.19. The average Bonchev–Trinajstić information content (AvgIpc) is 3.00. The highest BCUT2D eigenvalue weighted by molar-refractivity contribution is 5.96. The van der Waals surface area contributed by atoms with Crippen LogP contribution < -0.4 is 20.7 Å². The van der Waals surface area contributed by atoms with Crippen LogP contribution in [0.15, 0.2) is 48.5 Å². The first-order chi connectivity index (χ1) is 14.5. The molecular weight excluding hydrogens is 385 g/mol. The average molecular weight is 411 g/mol. The van der Waals surface area contributed by atoms with Crippen LogP contribution in [0.4, 0.5) is 14.9 Å². The molecule has 30 heavy (non-hydrogen) atoms. The predicted octanol–water partition coefficient (Wildman–Crippen LogP) is 3.94. The topological polar surface area (TPSA) is 79.5 Å². The summed E-state index contributed by atoms with van der Waals surface area (Å²) in [6.45, 7) is 0. The smallest absolute Gasteiger partial charge is 0.319 e. The molecule has 1 heterocycles. The first kappa shape index (κ1) is 20.2. The second-order valence-electron chi connectivity index (χ2n) is 8.04. The molecule has 2 aromatic rings. The molecule has 3 amide bonds. The van der Waals surface area contributed by atoms with Gasteiger partial charge >= 0.3 is 6.03 Å². The second kappa shape index (κ2) is 8.34. The number of methoxy groups -OCH3 is 1. The lowest BCUT2D eigenvalue weighted by atomic mass is 9.70. The van der Waals surface area contributed by atoms with Gasteiger partial charge in [-0.1, -0.05) is 31.4 Å². The van der Waals surface area contributed by atoms with Crippen LogP contribution in [0.3, 0.4) is 0 Å². The largest absolute Gasteiger partial charge is 0.497 e. The summed E-state index contributed by atoms with van der Waals surface area (Å²) in [5.74, 6) is 0.00405. The maximum absolute atomic E-state index is 13.1. The summed E-state index contributed by atoms with van der Waals surface area (Å²) in [6.07, 6.45) is 5.00. The molecule has 1 saturated carbocycles. The van der Waals surface area contributed by atoms with Gasteiger partial charge in [-0.15, -0.1) is 0 Å². The zero-order valence-electron chi connectivity index (χ0n) is 16.9. The third kappa shape index (κ3) is 3.97. The molecule has 2 fully saturated rings. The van der Waals surface area contributed by atoms with E-state index in [2.05, 4.69) is 16.0 Å². The van der Waals surface area contributed by atoms with E-state index < -0.39 is 12.1 Å². The second-order valence-corrected chi connectivity index (χ2v) is 8.04. The Balaban J connectivity index is 1.59. The van der Waals surface area contributed by atoms with Crippen molar-refractivity contribution in [1.82, 2.24) is 10.6 Å². The van der Waals surface area contributed by atoms with Gasteiger partial charge in [0, 0.05) is 17.1 Å². The highest BCUT2D eigenvalue weighted by Gasteiger charge is 2.54. The summed E-state index contributed by atoms with van der Waals surface area (Å²) in [6, 6.07) is 12.0. The number of urea groups is 1. The lowest BCUT2D eigenvalue weighted by molar-refractivity contribution is -0.121. The van der Waals surface area contributed by atoms with Crippen LogP contribution in [0.25, 0.3) is 0 Å². The SMILES string of the molecule is COc1ccc([C@H]2[C@H](NC(=O)Nc3ccc(F)cc3)C(=O)NC23CCCCC3)cc1. The van der Waals surface area contributed by atoms with Crippen molar-refractivity contribution in [2.24, 2.45) is 0 Å². The van der Waals surface area contributed by atoms with Gasteiger partial charge in [0.15, 0.2) is 0 Å². The molecule has 1 aliphatic carbocycles. The minimum absolute atomic E-state index is 0.174. The number of anilines is 1. The van der Waals surface area contributed by atoms with Crippen molar-refractivity contribution in [3.05, 3.63) is 59.9 Å². The Morgan fingerprint density at radius 3 is 2.37 bits per heavy atom. The van der Waals surface area contributed by atoms with Crippen LogP contribution in [-0.4, -0.2) is 30.6 Å². The van der Waals surface area contributed by atoms with Crippen LogP contribution in [0.2, 0.25) is 0 Å². The van der Waals surface area contributed by atoms with Crippen molar-refractivity contribution in [1.29, 1.82) is 0 Å². The van der Waals surface area contributed by atoms with Crippen molar-refractivity contribution >= 4 is 17.6 Å². The molecule has 1 aliphatic heterocycles. The van der Waals surface area contributed by atoms with Crippen molar-refractivity contribution in [3.63, 3.8) is 0 Å². The summed E-state index contributed by atoms with van der Waals surface area (Å²) in [5, 5.41) is 8.75. The van der Waals surface area contributed by atoms with E-state index >= 15 is 0 Å². The Morgan fingerprint density at radius 2 is 1.73 bits per heavy atom. The van der Waals surface area contributed by atoms with E-state index in [1.54, 1.807) is 7.11 Å². The fraction of sp³-hybridized carbons (Fsp3) is 0.391. The summed E-state index contributed by atoms with van der Waals surface area (Å²) < 4.78 is 18.4. The first-order valence-corrected chi connectivity index (χ1v) is 10.3. The van der Waals surface area contributed by atoms with Gasteiger partial charge in [0.05, 0.1) is 7.11 Å². The monoisotopic (exact) mass is 411 g/mol. The van der Waals surface area contributed by atoms with Gasteiger partial charge in [0.25, 0.3) is 0 Å². The molecule has 0 radical (unpaired) electrons. The zero-order valence-corrected chi connectivity index (χ0v) is 16.9. The molecular formula is C23H26FN3O3. The van der Waals surface area contributed by atoms with Gasteiger partial charge in [-0.2, -0.15) is 0 Å². The number of nitrogens with one attached hydrogen (secondary N) is 3. The van der Waals surface area contributed by atoms with Crippen molar-refractivity contribution < 1.29 is 18.7 Å². The Bertz CT molecular complexity index is 908. The molecule has 0 bridgehead atoms. The number of carbonyl (C=O) groups is 2. The molecule has 1 spiro atoms. The maximum Gasteiger partial charge on any atom is 0.319 e. The molecule has 7 heteroatoms. The van der Waals surface area contributed by atoms with Gasteiger partial charge in [-0.25, -0.2) is 9.18 Å². The van der Waals surface area contributed by atoms with E-state index in [4.69, 9.17) is 4.74 Å². The molecule has 6 nitrogen and oxygen atoms in total. The Labute approximate surface area is 175 Å². The van der Waals surface area contributed by atoms with E-state index in [9.17, 15) is 14.0 Å². The number of halogens is 1. The van der Waals surface area contributed by atoms with Crippen LogP contribution in [0.1, 0.15) is 43.6 Å². The molecule has 2 atom stereocenters. The van der Waals surface area contributed by atoms with Gasteiger partial charge in [0.1, 0.15) is 17.6 Å². The number of hydrogen-bond donors (Lipinski definition) is 3. The van der Waals surface area contributed by atoms with Gasteiger partial charge < -0.3 is 20.7 Å². The first-order valence-electron chi connectivity index (χ1n) is 10.3. The van der Waals surface area contributed by atoms with Crippen LogP contribution >= 0.6 is 0 Å². The Morgan fingerprint density at radius 1 is 1.07 bits per heavy atom. The molecule has 3 N–H and O–H groups in total. The molecule has 4 rings (SSSR count). The minimum Gasteiger partial charge on any atom is -0.497 e. The number of carbonyl (C=O) groups excluding carboxylic acids is 2. The highest BCUT2D eigenvalue weighted by atomic mass is 19.1. The fourth-order valence-electron chi connectivity index (χ4n) is 4.80. The summed E-state index contributed by atoms with van der Waals surface area (Å²) in [5.41, 5.74) is 1.08. The van der Waals surface area contributed by atoms with Gasteiger partial charge in [-0.3, -0.25) is 4.79 Å². The summed E-state index contributed by atoms with van der Waals surface area (Å²) in [4.78, 5) is 25.6. The zero-order chi connectivity index (χ0) is 21.1. The highest BCUT2D eigenvalue weighted by Crippen LogP contribution is 2.45. The molecule has 1 saturated heterocycles. The standard InChI is InChI=1S/C23H26FN3O3/c1-30-18-11-5-15(6-12-18)19-20(21(28)27-23(19)13-3-2-4-14-23)26-22(29)25-17-9-7-16(24)8-10-17/h5-12,19-20H,2-4,13-14H2,1H3,(H,27,28)(H2,25,26,29)/t19-,20-/m0/s1. The predicted molar refractivity (Wildman–Crippen MR) is 112 cm³/mol. The van der Waals surface area contributed by atoms with E-state index in [0.717, 1.165) is 43.4 Å². The van der Waals surface area contributed by atoms with E-state index in [0.29, 0.717) is 5.69 Å². The van der Waals surface area contributed by atoms with E-state index in [1.165, 1.54) is 24.3 Å². The number of hydrogen-bond acceptors (Lipinski definition) is 3. The molecule has 2 aromatic carbocycles. The Hall–Kier alpha value is -3.09. The van der Waals surface area contributed by atoms with Crippen molar-refractivity contribution in [2.75, 3.05) is 12.4 Å². The molecule has 0 unspecified atom stereocenters. The molecule has 158 valence electrons. The third-order valence-electron chi connectivity index (χ3n) is 6.19. The van der Waals surface area contributed by atoms with Crippen LogP contribution in [0.5, 0.6) is 5.75 Å². The molecule has 2 aliphatic rings. The van der Waals surface area contributed by atoms with Gasteiger partial charge in [0.2, 0.25) is 5.91 Å². The van der Waals surface area contributed by atoms with Crippen molar-refractivity contribution in [2.45, 2.75) is 49.6 Å². The minimum atomic E-state index is -0.697. The number of amides is 3. The number of ether oxygens (including phenoxy) is 1. The summed E-state index contributed by atoms with van der Waals surface area (Å²) in [7, 11) is 1.61. The lowest BCUT2D eigenvalue weighted by Gasteiger charge is -2.39. The number of benzene rings is 2. The fourth-order valence-corrected chi connectivity index (χ4v) is 4.80. The van der Waals surface area contributed by atoms with E-state index in [1.807, 2.05) is 24.3 Å². The lowest BCUT2D eigenvalue weighted by Crippen LogP contribution is -2.48. The van der Waals surface area contributed by atoms with E-state index in [-0.39, 0.29) is 23.2 Å². The normalized spacial score (nSPS) is 22.4. The van der Waals surface area contributed by atoms with Crippen molar-refractivity contribution in [3.8, 4) is 5.75 Å². The van der Waals surface area contributed by atoms with Gasteiger partial charge in [-0.05, 0) is 54.8 Å². The van der Waals surface area contributed by atoms with Crippen LogP contribution in [-0.2, 0) is 4.79 Å². The summed E-state index contributed by atoms with van der Waals surface area (Å²) >= 11 is 0.